The van der Waals surface area contributed by atoms with Crippen LogP contribution in [-0.2, 0) is 0 Å². The SMILES string of the molecule is CSCCN(C)CC(=O)c1cccc(Br)c1. The average Bonchev–Trinajstić information content (AvgIpc) is 2.26. The molecule has 1 rings (SSSR count). The van der Waals surface area contributed by atoms with E-state index < -0.39 is 0 Å². The number of ketones is 1. The van der Waals surface area contributed by atoms with E-state index >= 15 is 0 Å². The zero-order chi connectivity index (χ0) is 12.0. The number of carbonyl (C=O) groups excluding carboxylic acids is 1. The van der Waals surface area contributed by atoms with Crippen LogP contribution in [0.1, 0.15) is 10.4 Å². The summed E-state index contributed by atoms with van der Waals surface area (Å²) in [7, 11) is 1.98. The second kappa shape index (κ2) is 7.09. The lowest BCUT2D eigenvalue weighted by Crippen LogP contribution is -2.28. The maximum Gasteiger partial charge on any atom is 0.176 e. The van der Waals surface area contributed by atoms with Crippen LogP contribution in [-0.4, -0.2) is 42.8 Å². The van der Waals surface area contributed by atoms with E-state index in [4.69, 9.17) is 0 Å². The minimum absolute atomic E-state index is 0.171. The molecule has 0 N–H and O–H groups in total. The van der Waals surface area contributed by atoms with Crippen LogP contribution >= 0.6 is 27.7 Å². The van der Waals surface area contributed by atoms with E-state index in [0.717, 1.165) is 22.3 Å². The van der Waals surface area contributed by atoms with Gasteiger partial charge in [-0.2, -0.15) is 11.8 Å². The molecule has 0 aromatic heterocycles. The number of hydrogen-bond acceptors (Lipinski definition) is 3. The third-order valence-corrected chi connectivity index (χ3v) is 3.32. The van der Waals surface area contributed by atoms with E-state index in [1.807, 2.05) is 31.3 Å². The number of Topliss-reactive ketones (excluding diaryl/α,β-unsaturated/α-hetero) is 1. The molecule has 0 saturated heterocycles. The molecule has 0 aliphatic heterocycles. The smallest absolute Gasteiger partial charge is 0.176 e. The molecular formula is C12H16BrNOS. The summed E-state index contributed by atoms with van der Waals surface area (Å²) < 4.78 is 0.949. The molecule has 1 aromatic rings. The largest absolute Gasteiger partial charge is 0.298 e. The number of nitrogens with zero attached hydrogens (tertiary/aromatic N) is 1. The molecular weight excluding hydrogens is 286 g/mol. The van der Waals surface area contributed by atoms with Gasteiger partial charge in [-0.1, -0.05) is 28.1 Å². The zero-order valence-corrected chi connectivity index (χ0v) is 12.0. The number of carbonyl (C=O) groups is 1. The fraction of sp³-hybridized carbons (Fsp3) is 0.417. The summed E-state index contributed by atoms with van der Waals surface area (Å²) in [6, 6.07) is 7.54. The van der Waals surface area contributed by atoms with Crippen molar-refractivity contribution in [1.82, 2.24) is 4.90 Å². The molecule has 0 aliphatic carbocycles. The van der Waals surface area contributed by atoms with Gasteiger partial charge in [0.1, 0.15) is 0 Å². The maximum absolute atomic E-state index is 11.9. The Balaban J connectivity index is 2.52. The summed E-state index contributed by atoms with van der Waals surface area (Å²) in [6.07, 6.45) is 2.07. The molecule has 0 saturated carbocycles. The Morgan fingerprint density at radius 3 is 2.88 bits per heavy atom. The van der Waals surface area contributed by atoms with Crippen LogP contribution in [0.3, 0.4) is 0 Å². The molecule has 1 aromatic carbocycles. The predicted molar refractivity (Wildman–Crippen MR) is 74.4 cm³/mol. The molecule has 16 heavy (non-hydrogen) atoms. The highest BCUT2D eigenvalue weighted by atomic mass is 79.9. The molecule has 0 bridgehead atoms. The highest BCUT2D eigenvalue weighted by molar-refractivity contribution is 9.10. The molecule has 0 amide bonds. The first-order valence-corrected chi connectivity index (χ1v) is 7.28. The van der Waals surface area contributed by atoms with Crippen molar-refractivity contribution in [3.63, 3.8) is 0 Å². The third kappa shape index (κ3) is 4.68. The van der Waals surface area contributed by atoms with Gasteiger partial charge in [-0.05, 0) is 25.4 Å². The Morgan fingerprint density at radius 2 is 2.25 bits per heavy atom. The number of likely N-dealkylation sites (N-methyl/N-ethyl adjacent to an activating group) is 1. The topological polar surface area (TPSA) is 20.3 Å². The normalized spacial score (nSPS) is 10.8. The van der Waals surface area contributed by atoms with Crippen LogP contribution in [0.4, 0.5) is 0 Å². The van der Waals surface area contributed by atoms with Crippen LogP contribution < -0.4 is 0 Å². The van der Waals surface area contributed by atoms with E-state index in [0.29, 0.717) is 6.54 Å². The Morgan fingerprint density at radius 1 is 1.50 bits per heavy atom. The van der Waals surface area contributed by atoms with Gasteiger partial charge >= 0.3 is 0 Å². The van der Waals surface area contributed by atoms with Gasteiger partial charge in [0.05, 0.1) is 6.54 Å². The van der Waals surface area contributed by atoms with E-state index in [1.165, 1.54) is 0 Å². The van der Waals surface area contributed by atoms with Crippen LogP contribution in [0.15, 0.2) is 28.7 Å². The predicted octanol–water partition coefficient (Wildman–Crippen LogP) is 2.93. The van der Waals surface area contributed by atoms with Gasteiger partial charge in [0.25, 0.3) is 0 Å². The van der Waals surface area contributed by atoms with Crippen LogP contribution in [0.25, 0.3) is 0 Å². The highest BCUT2D eigenvalue weighted by Gasteiger charge is 2.08. The standard InChI is InChI=1S/C12H16BrNOS/c1-14(6-7-16-2)9-12(15)10-4-3-5-11(13)8-10/h3-5,8H,6-7,9H2,1-2H3. The van der Waals surface area contributed by atoms with E-state index in [-0.39, 0.29) is 5.78 Å². The van der Waals surface area contributed by atoms with Crippen LogP contribution in [0.5, 0.6) is 0 Å². The Bertz CT molecular complexity index is 357. The van der Waals surface area contributed by atoms with E-state index in [9.17, 15) is 4.79 Å². The van der Waals surface area contributed by atoms with Crippen molar-refractivity contribution in [2.45, 2.75) is 0 Å². The van der Waals surface area contributed by atoms with Gasteiger partial charge in [0.2, 0.25) is 0 Å². The second-order valence-corrected chi connectivity index (χ2v) is 5.57. The van der Waals surface area contributed by atoms with Crippen molar-refractivity contribution in [3.8, 4) is 0 Å². The maximum atomic E-state index is 11.9. The summed E-state index contributed by atoms with van der Waals surface area (Å²) in [6.45, 7) is 1.43. The quantitative estimate of drug-likeness (QED) is 0.754. The Kier molecular flexibility index (Phi) is 6.09. The van der Waals surface area contributed by atoms with Crippen molar-refractivity contribution in [2.75, 3.05) is 32.1 Å². The van der Waals surface area contributed by atoms with Gasteiger partial charge in [0.15, 0.2) is 5.78 Å². The lowest BCUT2D eigenvalue weighted by Gasteiger charge is -2.14. The fourth-order valence-electron chi connectivity index (χ4n) is 1.32. The first-order chi connectivity index (χ1) is 7.63. The molecule has 0 unspecified atom stereocenters. The monoisotopic (exact) mass is 301 g/mol. The summed E-state index contributed by atoms with van der Waals surface area (Å²) >= 11 is 5.16. The minimum Gasteiger partial charge on any atom is -0.298 e. The third-order valence-electron chi connectivity index (χ3n) is 2.24. The zero-order valence-electron chi connectivity index (χ0n) is 9.57. The highest BCUT2D eigenvalue weighted by Crippen LogP contribution is 2.12. The van der Waals surface area contributed by atoms with Crippen molar-refractivity contribution >= 4 is 33.5 Å². The first-order valence-electron chi connectivity index (χ1n) is 5.09. The van der Waals surface area contributed by atoms with Crippen molar-refractivity contribution in [1.29, 1.82) is 0 Å². The van der Waals surface area contributed by atoms with E-state index in [1.54, 1.807) is 11.8 Å². The van der Waals surface area contributed by atoms with Gasteiger partial charge < -0.3 is 0 Å². The van der Waals surface area contributed by atoms with Gasteiger partial charge in [-0.25, -0.2) is 0 Å². The first kappa shape index (κ1) is 13.7. The number of benzene rings is 1. The number of hydrogen-bond donors (Lipinski definition) is 0. The summed E-state index contributed by atoms with van der Waals surface area (Å²) in [5, 5.41) is 0. The van der Waals surface area contributed by atoms with Gasteiger partial charge in [0, 0.05) is 22.3 Å². The Labute approximate surface area is 110 Å². The molecule has 2 nitrogen and oxygen atoms in total. The Hall–Kier alpha value is -0.320. The number of thioether (sulfide) groups is 1. The number of halogens is 1. The van der Waals surface area contributed by atoms with Crippen LogP contribution in [0, 0.1) is 0 Å². The fourth-order valence-corrected chi connectivity index (χ4v) is 2.22. The summed E-state index contributed by atoms with van der Waals surface area (Å²) in [5.41, 5.74) is 0.769. The molecule has 0 fully saturated rings. The van der Waals surface area contributed by atoms with Crippen molar-refractivity contribution in [2.24, 2.45) is 0 Å². The summed E-state index contributed by atoms with van der Waals surface area (Å²) in [4.78, 5) is 14.0. The minimum atomic E-state index is 0.171. The van der Waals surface area contributed by atoms with E-state index in [2.05, 4.69) is 27.1 Å². The molecule has 0 aliphatic rings. The lowest BCUT2D eigenvalue weighted by atomic mass is 10.1. The van der Waals surface area contributed by atoms with Crippen molar-refractivity contribution < 1.29 is 4.79 Å². The molecule has 0 heterocycles. The lowest BCUT2D eigenvalue weighted by molar-refractivity contribution is 0.0949. The van der Waals surface area contributed by atoms with Crippen LogP contribution in [0.2, 0.25) is 0 Å². The second-order valence-electron chi connectivity index (χ2n) is 3.66. The molecule has 4 heteroatoms. The molecule has 0 atom stereocenters. The van der Waals surface area contributed by atoms with Crippen molar-refractivity contribution in [3.05, 3.63) is 34.3 Å². The van der Waals surface area contributed by atoms with Gasteiger partial charge in [-0.3, -0.25) is 9.69 Å². The molecule has 88 valence electrons. The average molecular weight is 302 g/mol. The van der Waals surface area contributed by atoms with Gasteiger partial charge in [-0.15, -0.1) is 0 Å². The number of rotatable bonds is 6. The summed E-state index contributed by atoms with van der Waals surface area (Å²) in [5.74, 6) is 1.23. The molecule has 0 spiro atoms. The molecule has 0 radical (unpaired) electrons.